The molecule has 114 valence electrons. The highest BCUT2D eigenvalue weighted by atomic mass is 15.3. The number of hydrogen-bond acceptors (Lipinski definition) is 3. The number of hydrogen-bond donors (Lipinski definition) is 1. The molecule has 3 nitrogen and oxygen atoms in total. The Morgan fingerprint density at radius 1 is 1.16 bits per heavy atom. The van der Waals surface area contributed by atoms with Gasteiger partial charge in [0.25, 0.3) is 0 Å². The predicted molar refractivity (Wildman–Crippen MR) is 84.7 cm³/mol. The maximum atomic E-state index is 3.69. The molecular weight excluding hydrogens is 234 g/mol. The van der Waals surface area contributed by atoms with Crippen LogP contribution in [0.3, 0.4) is 0 Å². The van der Waals surface area contributed by atoms with Crippen LogP contribution in [-0.2, 0) is 0 Å². The molecule has 0 aliphatic carbocycles. The zero-order chi connectivity index (χ0) is 14.7. The second-order valence-corrected chi connectivity index (χ2v) is 7.83. The van der Waals surface area contributed by atoms with Gasteiger partial charge in [0.2, 0.25) is 0 Å². The summed E-state index contributed by atoms with van der Waals surface area (Å²) in [6.07, 6.45) is 1.23. The van der Waals surface area contributed by atoms with Crippen LogP contribution in [0.25, 0.3) is 0 Å². The molecule has 0 amide bonds. The highest BCUT2D eigenvalue weighted by molar-refractivity contribution is 4.86. The highest BCUT2D eigenvalue weighted by Crippen LogP contribution is 2.24. The average Bonchev–Trinajstić information content (AvgIpc) is 2.31. The molecule has 1 rings (SSSR count). The third-order valence-corrected chi connectivity index (χ3v) is 4.55. The molecule has 1 fully saturated rings. The smallest absolute Gasteiger partial charge is 0.0192 e. The predicted octanol–water partition coefficient (Wildman–Crippen LogP) is 2.43. The summed E-state index contributed by atoms with van der Waals surface area (Å²) in [7, 11) is 2.24. The molecule has 1 aliphatic heterocycles. The molecule has 1 N–H and O–H groups in total. The number of nitrogens with one attached hydrogen (secondary N) is 1. The fourth-order valence-corrected chi connectivity index (χ4v) is 2.58. The Kier molecular flexibility index (Phi) is 5.84. The van der Waals surface area contributed by atoms with E-state index in [9.17, 15) is 0 Å². The number of piperazine rings is 1. The molecule has 2 atom stereocenters. The summed E-state index contributed by atoms with van der Waals surface area (Å²) in [5.41, 5.74) is 0.592. The van der Waals surface area contributed by atoms with Crippen LogP contribution < -0.4 is 5.32 Å². The number of nitrogens with zero attached hydrogens (tertiary/aromatic N) is 2. The molecule has 1 heterocycles. The van der Waals surface area contributed by atoms with Crippen molar-refractivity contribution in [2.75, 3.05) is 39.8 Å². The average molecular weight is 269 g/mol. The fraction of sp³-hybridized carbons (Fsp3) is 1.00. The van der Waals surface area contributed by atoms with Crippen LogP contribution in [0.1, 0.15) is 48.0 Å². The third kappa shape index (κ3) is 5.80. The van der Waals surface area contributed by atoms with Gasteiger partial charge in [-0.15, -0.1) is 0 Å². The van der Waals surface area contributed by atoms with E-state index >= 15 is 0 Å². The van der Waals surface area contributed by atoms with Crippen molar-refractivity contribution in [1.29, 1.82) is 0 Å². The summed E-state index contributed by atoms with van der Waals surface area (Å²) in [5, 5.41) is 3.69. The van der Waals surface area contributed by atoms with Crippen molar-refractivity contribution in [2.45, 2.75) is 59.5 Å². The van der Waals surface area contributed by atoms with Crippen molar-refractivity contribution < 1.29 is 0 Å². The van der Waals surface area contributed by atoms with Gasteiger partial charge in [-0.25, -0.2) is 0 Å². The van der Waals surface area contributed by atoms with Crippen molar-refractivity contribution in [1.82, 2.24) is 15.1 Å². The molecule has 19 heavy (non-hydrogen) atoms. The molecule has 2 unspecified atom stereocenters. The highest BCUT2D eigenvalue weighted by Gasteiger charge is 2.29. The van der Waals surface area contributed by atoms with Crippen LogP contribution in [0.4, 0.5) is 0 Å². The fourth-order valence-electron chi connectivity index (χ4n) is 2.58. The largest absolute Gasteiger partial charge is 0.311 e. The van der Waals surface area contributed by atoms with Crippen molar-refractivity contribution in [3.05, 3.63) is 0 Å². The maximum absolute atomic E-state index is 3.69. The molecule has 0 saturated carbocycles. The lowest BCUT2D eigenvalue weighted by Gasteiger charge is -2.43. The SMILES string of the molecule is CCC(C)(CNC(C)(C)C)CN1CCN(C)C(C)C1. The minimum absolute atomic E-state index is 0.214. The Morgan fingerprint density at radius 2 is 1.79 bits per heavy atom. The van der Waals surface area contributed by atoms with E-state index in [0.29, 0.717) is 11.5 Å². The first-order chi connectivity index (χ1) is 8.65. The summed E-state index contributed by atoms with van der Waals surface area (Å²) in [6, 6.07) is 0.686. The van der Waals surface area contributed by atoms with Gasteiger partial charge in [0, 0.05) is 44.3 Å². The van der Waals surface area contributed by atoms with Crippen molar-refractivity contribution in [3.63, 3.8) is 0 Å². The summed E-state index contributed by atoms with van der Waals surface area (Å²) in [4.78, 5) is 5.12. The van der Waals surface area contributed by atoms with Gasteiger partial charge in [-0.1, -0.05) is 13.8 Å². The monoisotopic (exact) mass is 269 g/mol. The van der Waals surface area contributed by atoms with Crippen molar-refractivity contribution in [2.24, 2.45) is 5.41 Å². The lowest BCUT2D eigenvalue weighted by molar-refractivity contribution is 0.0656. The van der Waals surface area contributed by atoms with Crippen LogP contribution in [0.2, 0.25) is 0 Å². The molecule has 3 heteroatoms. The Hall–Kier alpha value is -0.120. The van der Waals surface area contributed by atoms with Crippen LogP contribution in [0, 0.1) is 5.41 Å². The van der Waals surface area contributed by atoms with Crippen LogP contribution in [0.5, 0.6) is 0 Å². The maximum Gasteiger partial charge on any atom is 0.0192 e. The van der Waals surface area contributed by atoms with Crippen LogP contribution >= 0.6 is 0 Å². The van der Waals surface area contributed by atoms with Gasteiger partial charge < -0.3 is 10.2 Å². The zero-order valence-corrected chi connectivity index (χ0v) is 14.2. The molecular formula is C16H35N3. The molecule has 0 aromatic rings. The van der Waals surface area contributed by atoms with Gasteiger partial charge >= 0.3 is 0 Å². The molecule has 0 radical (unpaired) electrons. The summed E-state index contributed by atoms with van der Waals surface area (Å²) >= 11 is 0. The first-order valence-electron chi connectivity index (χ1n) is 7.83. The Bertz CT molecular complexity index is 272. The summed E-state index contributed by atoms with van der Waals surface area (Å²) in [6.45, 7) is 19.8. The molecule has 0 spiro atoms. The van der Waals surface area contributed by atoms with Gasteiger partial charge in [0.05, 0.1) is 0 Å². The number of rotatable bonds is 5. The molecule has 0 aromatic heterocycles. The van der Waals surface area contributed by atoms with E-state index in [2.05, 4.69) is 63.7 Å². The first-order valence-corrected chi connectivity index (χ1v) is 7.83. The van der Waals surface area contributed by atoms with Gasteiger partial charge in [0.15, 0.2) is 0 Å². The second kappa shape index (κ2) is 6.55. The standard InChI is InChI=1S/C16H35N3/c1-8-16(6,12-17-15(3,4)5)13-19-10-9-18(7)14(2)11-19/h14,17H,8-13H2,1-7H3. The Morgan fingerprint density at radius 3 is 2.26 bits per heavy atom. The van der Waals surface area contributed by atoms with E-state index in [1.54, 1.807) is 0 Å². The van der Waals surface area contributed by atoms with E-state index in [1.165, 1.54) is 32.6 Å². The molecule has 1 saturated heterocycles. The van der Waals surface area contributed by atoms with Crippen molar-refractivity contribution in [3.8, 4) is 0 Å². The van der Waals surface area contributed by atoms with E-state index < -0.39 is 0 Å². The molecule has 1 aliphatic rings. The summed E-state index contributed by atoms with van der Waals surface area (Å²) in [5.74, 6) is 0. The minimum atomic E-state index is 0.214. The van der Waals surface area contributed by atoms with Crippen LogP contribution in [-0.4, -0.2) is 61.2 Å². The quantitative estimate of drug-likeness (QED) is 0.827. The lowest BCUT2D eigenvalue weighted by Crippen LogP contribution is -2.54. The van der Waals surface area contributed by atoms with Gasteiger partial charge in [-0.3, -0.25) is 4.90 Å². The van der Waals surface area contributed by atoms with Gasteiger partial charge in [0.1, 0.15) is 0 Å². The normalized spacial score (nSPS) is 26.4. The van der Waals surface area contributed by atoms with Gasteiger partial charge in [-0.05, 0) is 46.6 Å². The minimum Gasteiger partial charge on any atom is -0.311 e. The lowest BCUT2D eigenvalue weighted by atomic mass is 9.85. The van der Waals surface area contributed by atoms with Crippen molar-refractivity contribution >= 4 is 0 Å². The second-order valence-electron chi connectivity index (χ2n) is 7.83. The van der Waals surface area contributed by atoms with Gasteiger partial charge in [-0.2, -0.15) is 0 Å². The van der Waals surface area contributed by atoms with E-state index in [1.807, 2.05) is 0 Å². The topological polar surface area (TPSA) is 18.5 Å². The van der Waals surface area contributed by atoms with E-state index in [0.717, 1.165) is 6.54 Å². The van der Waals surface area contributed by atoms with E-state index in [-0.39, 0.29) is 5.54 Å². The van der Waals surface area contributed by atoms with Crippen LogP contribution in [0.15, 0.2) is 0 Å². The third-order valence-electron chi connectivity index (χ3n) is 4.55. The van der Waals surface area contributed by atoms with E-state index in [4.69, 9.17) is 0 Å². The first kappa shape index (κ1) is 16.9. The zero-order valence-electron chi connectivity index (χ0n) is 14.2. The molecule has 0 bridgehead atoms. The Balaban J connectivity index is 2.51. The molecule has 0 aromatic carbocycles. The number of likely N-dealkylation sites (N-methyl/N-ethyl adjacent to an activating group) is 1. The summed E-state index contributed by atoms with van der Waals surface area (Å²) < 4.78 is 0. The Labute approximate surface area is 120 Å².